The summed E-state index contributed by atoms with van der Waals surface area (Å²) in [6.45, 7) is 5.78. The van der Waals surface area contributed by atoms with Crippen LogP contribution in [0.15, 0.2) is 30.3 Å². The number of esters is 1. The maximum Gasteiger partial charge on any atom is 0.343 e. The molecule has 0 bridgehead atoms. The maximum atomic E-state index is 12.3. The zero-order chi connectivity index (χ0) is 19.1. The van der Waals surface area contributed by atoms with Crippen LogP contribution in [-0.2, 0) is 16.1 Å². The number of carbonyl (C=O) groups excluding carboxylic acids is 2. The van der Waals surface area contributed by atoms with E-state index in [4.69, 9.17) is 16.3 Å². The summed E-state index contributed by atoms with van der Waals surface area (Å²) < 4.78 is 6.66. The molecule has 1 aromatic carbocycles. The van der Waals surface area contributed by atoms with Crippen LogP contribution >= 0.6 is 11.6 Å². The Balaban J connectivity index is 2.02. The van der Waals surface area contributed by atoms with Gasteiger partial charge in [0.05, 0.1) is 12.2 Å². The number of halogens is 1. The van der Waals surface area contributed by atoms with E-state index in [1.807, 2.05) is 44.2 Å². The van der Waals surface area contributed by atoms with Gasteiger partial charge in [-0.1, -0.05) is 55.8 Å². The molecule has 26 heavy (non-hydrogen) atoms. The predicted molar refractivity (Wildman–Crippen MR) is 100 cm³/mol. The van der Waals surface area contributed by atoms with Crippen molar-refractivity contribution in [1.82, 2.24) is 15.1 Å². The number of hydrogen-bond donors (Lipinski definition) is 1. The molecule has 0 atom stereocenters. The Labute approximate surface area is 158 Å². The Bertz CT molecular complexity index is 755. The highest BCUT2D eigenvalue weighted by molar-refractivity contribution is 6.32. The van der Waals surface area contributed by atoms with E-state index < -0.39 is 5.97 Å². The summed E-state index contributed by atoms with van der Waals surface area (Å²) in [6.07, 6.45) is 1.65. The molecule has 1 N–H and O–H groups in total. The fraction of sp³-hybridized carbons (Fsp3) is 0.421. The number of nitrogens with one attached hydrogen (secondary N) is 1. The predicted octanol–water partition coefficient (Wildman–Crippen LogP) is 3.35. The molecule has 0 aliphatic carbocycles. The van der Waals surface area contributed by atoms with Gasteiger partial charge in [-0.25, -0.2) is 9.48 Å². The van der Waals surface area contributed by atoms with Crippen LogP contribution in [0.1, 0.15) is 48.3 Å². The maximum absolute atomic E-state index is 12.3. The third kappa shape index (κ3) is 5.08. The molecule has 0 spiro atoms. The highest BCUT2D eigenvalue weighted by Gasteiger charge is 2.22. The average molecular weight is 378 g/mol. The molecule has 1 aromatic heterocycles. The lowest BCUT2D eigenvalue weighted by Gasteiger charge is -2.14. The van der Waals surface area contributed by atoms with E-state index in [-0.39, 0.29) is 29.3 Å². The normalized spacial score (nSPS) is 10.8. The zero-order valence-electron chi connectivity index (χ0n) is 15.3. The number of aryl methyl sites for hydroxylation is 1. The molecule has 1 amide bonds. The zero-order valence-corrected chi connectivity index (χ0v) is 16.0. The molecule has 0 aliphatic rings. The van der Waals surface area contributed by atoms with Gasteiger partial charge in [-0.2, -0.15) is 5.10 Å². The first kappa shape index (κ1) is 20.0. The van der Waals surface area contributed by atoms with Gasteiger partial charge in [-0.15, -0.1) is 0 Å². The summed E-state index contributed by atoms with van der Waals surface area (Å²) in [4.78, 5) is 24.2. The van der Waals surface area contributed by atoms with E-state index in [0.717, 1.165) is 18.4 Å². The fourth-order valence-electron chi connectivity index (χ4n) is 2.61. The Hall–Kier alpha value is -2.34. The van der Waals surface area contributed by atoms with E-state index in [1.165, 1.54) is 0 Å². The first-order chi connectivity index (χ1) is 12.5. The molecule has 0 saturated carbocycles. The Morgan fingerprint density at radius 3 is 2.50 bits per heavy atom. The molecule has 0 unspecified atom stereocenters. The second-order valence-electron chi connectivity index (χ2n) is 6.05. The molecular formula is C19H24ClN3O3. The van der Waals surface area contributed by atoms with Gasteiger partial charge in [0.25, 0.3) is 5.91 Å². The van der Waals surface area contributed by atoms with Crippen molar-refractivity contribution >= 4 is 23.5 Å². The quantitative estimate of drug-likeness (QED) is 0.716. The highest BCUT2D eigenvalue weighted by atomic mass is 35.5. The largest absolute Gasteiger partial charge is 0.452 e. The van der Waals surface area contributed by atoms with Crippen molar-refractivity contribution in [3.05, 3.63) is 52.3 Å². The van der Waals surface area contributed by atoms with Crippen molar-refractivity contribution in [3.8, 4) is 0 Å². The Morgan fingerprint density at radius 2 is 1.88 bits per heavy atom. The minimum atomic E-state index is -0.647. The summed E-state index contributed by atoms with van der Waals surface area (Å²) in [5.74, 6) is -0.969. The number of carbonyl (C=O) groups is 2. The van der Waals surface area contributed by atoms with E-state index in [1.54, 1.807) is 11.6 Å². The second kappa shape index (κ2) is 9.38. The fourth-order valence-corrected chi connectivity index (χ4v) is 2.92. The third-order valence-corrected chi connectivity index (χ3v) is 4.51. The molecule has 6 nitrogen and oxygen atoms in total. The number of rotatable bonds is 8. The molecular weight excluding hydrogens is 354 g/mol. The van der Waals surface area contributed by atoms with E-state index in [2.05, 4.69) is 10.4 Å². The lowest BCUT2D eigenvalue weighted by atomic mass is 10.2. The van der Waals surface area contributed by atoms with Crippen LogP contribution in [0.2, 0.25) is 5.15 Å². The first-order valence-electron chi connectivity index (χ1n) is 8.69. The van der Waals surface area contributed by atoms with Crippen LogP contribution in [0.25, 0.3) is 0 Å². The Kier molecular flexibility index (Phi) is 7.21. The van der Waals surface area contributed by atoms with Gasteiger partial charge in [0, 0.05) is 6.04 Å². The third-order valence-electron chi connectivity index (χ3n) is 4.13. The van der Waals surface area contributed by atoms with E-state index >= 15 is 0 Å². The molecule has 140 valence electrons. The average Bonchev–Trinajstić information content (AvgIpc) is 2.92. The molecule has 1 heterocycles. The van der Waals surface area contributed by atoms with Crippen LogP contribution < -0.4 is 5.32 Å². The molecule has 0 aliphatic heterocycles. The van der Waals surface area contributed by atoms with Crippen molar-refractivity contribution in [2.24, 2.45) is 0 Å². The van der Waals surface area contributed by atoms with E-state index in [0.29, 0.717) is 12.2 Å². The molecule has 2 aromatic rings. The lowest BCUT2D eigenvalue weighted by Crippen LogP contribution is -2.36. The first-order valence-corrected chi connectivity index (χ1v) is 9.07. The Morgan fingerprint density at radius 1 is 1.23 bits per heavy atom. The van der Waals surface area contributed by atoms with Crippen LogP contribution in [0.3, 0.4) is 0 Å². The van der Waals surface area contributed by atoms with Crippen molar-refractivity contribution in [3.63, 3.8) is 0 Å². The van der Waals surface area contributed by atoms with Gasteiger partial charge in [0.15, 0.2) is 6.61 Å². The molecule has 0 saturated heterocycles. The van der Waals surface area contributed by atoms with Gasteiger partial charge in [-0.05, 0) is 25.3 Å². The van der Waals surface area contributed by atoms with Crippen molar-refractivity contribution in [1.29, 1.82) is 0 Å². The number of benzene rings is 1. The van der Waals surface area contributed by atoms with Gasteiger partial charge < -0.3 is 10.1 Å². The van der Waals surface area contributed by atoms with Crippen LogP contribution in [0.5, 0.6) is 0 Å². The second-order valence-corrected chi connectivity index (χ2v) is 6.41. The minimum absolute atomic E-state index is 0.0835. The van der Waals surface area contributed by atoms with Gasteiger partial charge >= 0.3 is 5.97 Å². The van der Waals surface area contributed by atoms with E-state index in [9.17, 15) is 9.59 Å². The molecule has 7 heteroatoms. The van der Waals surface area contributed by atoms with Gasteiger partial charge in [0.2, 0.25) is 0 Å². The molecule has 2 rings (SSSR count). The van der Waals surface area contributed by atoms with Crippen LogP contribution in [0, 0.1) is 6.92 Å². The summed E-state index contributed by atoms with van der Waals surface area (Å²) in [5.41, 5.74) is 1.68. The molecule has 0 fully saturated rings. The van der Waals surface area contributed by atoms with Crippen molar-refractivity contribution in [2.75, 3.05) is 6.61 Å². The lowest BCUT2D eigenvalue weighted by molar-refractivity contribution is -0.125. The van der Waals surface area contributed by atoms with Crippen molar-refractivity contribution < 1.29 is 14.3 Å². The molecule has 0 radical (unpaired) electrons. The standard InChI is InChI=1S/C19H24ClN3O3/c1-4-15(5-2)21-16(24)12-26-19(25)17-13(3)22-23(18(17)20)11-14-9-7-6-8-10-14/h6-10,15H,4-5,11-12H2,1-3H3,(H,21,24). The van der Waals surface area contributed by atoms with Gasteiger partial charge in [0.1, 0.15) is 10.7 Å². The summed E-state index contributed by atoms with van der Waals surface area (Å²) in [5, 5.41) is 7.34. The van der Waals surface area contributed by atoms with Crippen molar-refractivity contribution in [2.45, 2.75) is 46.2 Å². The topological polar surface area (TPSA) is 73.2 Å². The summed E-state index contributed by atoms with van der Waals surface area (Å²) in [6, 6.07) is 9.76. The van der Waals surface area contributed by atoms with Crippen LogP contribution in [-0.4, -0.2) is 34.3 Å². The number of amides is 1. The monoisotopic (exact) mass is 377 g/mol. The minimum Gasteiger partial charge on any atom is -0.452 e. The van der Waals surface area contributed by atoms with Crippen LogP contribution in [0.4, 0.5) is 0 Å². The number of aromatic nitrogens is 2. The SMILES string of the molecule is CCC(CC)NC(=O)COC(=O)c1c(C)nn(Cc2ccccc2)c1Cl. The number of ether oxygens (including phenoxy) is 1. The summed E-state index contributed by atoms with van der Waals surface area (Å²) >= 11 is 6.32. The number of hydrogen-bond acceptors (Lipinski definition) is 4. The highest BCUT2D eigenvalue weighted by Crippen LogP contribution is 2.21. The van der Waals surface area contributed by atoms with Gasteiger partial charge in [-0.3, -0.25) is 4.79 Å². The summed E-state index contributed by atoms with van der Waals surface area (Å²) in [7, 11) is 0. The smallest absolute Gasteiger partial charge is 0.343 e. The number of nitrogens with zero attached hydrogens (tertiary/aromatic N) is 2.